The molecule has 0 unspecified atom stereocenters. The highest BCUT2D eigenvalue weighted by atomic mass is 32.2. The summed E-state index contributed by atoms with van der Waals surface area (Å²) in [5.74, 6) is 0.203. The smallest absolute Gasteiger partial charge is 0.238 e. The molecule has 0 amide bonds. The molecule has 0 aliphatic carbocycles. The fourth-order valence-electron chi connectivity index (χ4n) is 0.724. The Hall–Kier alpha value is -1.47. The lowest BCUT2D eigenvalue weighted by molar-refractivity contribution is 0.597. The molecule has 0 radical (unpaired) electrons. The molecular weight excluding hydrogens is 192 g/mol. The summed E-state index contributed by atoms with van der Waals surface area (Å²) in [5, 5.41) is 4.88. The van der Waals surface area contributed by atoms with Gasteiger partial charge in [-0.25, -0.2) is 23.5 Å². The number of aromatic nitrogens is 1. The minimum absolute atomic E-state index is 0.0388. The molecule has 0 aliphatic heterocycles. The van der Waals surface area contributed by atoms with Crippen molar-refractivity contribution in [3.63, 3.8) is 0 Å². The van der Waals surface area contributed by atoms with Crippen LogP contribution in [0.4, 0.5) is 5.82 Å². The van der Waals surface area contributed by atoms with Crippen LogP contribution in [0.15, 0.2) is 28.2 Å². The first-order valence-electron chi connectivity index (χ1n) is 3.27. The van der Waals surface area contributed by atoms with Gasteiger partial charge in [0.1, 0.15) is 0 Å². The Morgan fingerprint density at radius 1 is 1.54 bits per heavy atom. The highest BCUT2D eigenvalue weighted by Crippen LogP contribution is 2.12. The van der Waals surface area contributed by atoms with Gasteiger partial charge in [-0.15, -0.1) is 0 Å². The van der Waals surface area contributed by atoms with Crippen molar-refractivity contribution in [3.05, 3.63) is 18.3 Å². The molecule has 1 aromatic heterocycles. The number of nitrogens with two attached hydrogens (primary N) is 2. The zero-order valence-corrected chi connectivity index (χ0v) is 7.40. The zero-order chi connectivity index (χ0) is 9.90. The van der Waals surface area contributed by atoms with Crippen molar-refractivity contribution in [1.29, 1.82) is 0 Å². The van der Waals surface area contributed by atoms with Gasteiger partial charge in [0, 0.05) is 12.3 Å². The van der Waals surface area contributed by atoms with Crippen LogP contribution in [0.5, 0.6) is 0 Å². The van der Waals surface area contributed by atoms with Crippen molar-refractivity contribution in [2.24, 2.45) is 15.9 Å². The van der Waals surface area contributed by atoms with Gasteiger partial charge >= 0.3 is 0 Å². The van der Waals surface area contributed by atoms with Crippen LogP contribution < -0.4 is 10.9 Å². The fraction of sp³-hybridized carbons (Fsp3) is 0. The van der Waals surface area contributed by atoms with Gasteiger partial charge in [0.2, 0.25) is 10.0 Å². The molecular formula is C6H8N4O2S. The van der Waals surface area contributed by atoms with E-state index in [1.807, 2.05) is 0 Å². The summed E-state index contributed by atoms with van der Waals surface area (Å²) in [5.41, 5.74) is 5.01. The van der Waals surface area contributed by atoms with E-state index in [1.54, 1.807) is 0 Å². The first-order valence-corrected chi connectivity index (χ1v) is 4.82. The number of pyridine rings is 1. The molecule has 70 valence electrons. The standard InChI is InChI=1S/C6H8N4O2S/c7-4-10-6-3-5(1-2-9-6)13(8,11)12/h1-4H,(H2,7,9,10)(H2,8,11,12). The third-order valence-corrected chi connectivity index (χ3v) is 2.16. The molecule has 4 N–H and O–H groups in total. The highest BCUT2D eigenvalue weighted by molar-refractivity contribution is 7.89. The van der Waals surface area contributed by atoms with Crippen LogP contribution in [-0.2, 0) is 10.0 Å². The summed E-state index contributed by atoms with van der Waals surface area (Å²) in [7, 11) is -3.70. The molecule has 1 aromatic rings. The Balaban J connectivity index is 3.21. The minimum Gasteiger partial charge on any atom is -0.390 e. The van der Waals surface area contributed by atoms with Gasteiger partial charge in [-0.1, -0.05) is 0 Å². The Labute approximate surface area is 75.4 Å². The van der Waals surface area contributed by atoms with Crippen LogP contribution in [0.1, 0.15) is 0 Å². The Bertz CT molecular complexity index is 426. The van der Waals surface area contributed by atoms with Crippen LogP contribution in [0.3, 0.4) is 0 Å². The number of rotatable bonds is 2. The average Bonchev–Trinajstić information content (AvgIpc) is 2.04. The van der Waals surface area contributed by atoms with Gasteiger partial charge in [-0.2, -0.15) is 0 Å². The predicted molar refractivity (Wildman–Crippen MR) is 47.9 cm³/mol. The number of nitrogens with zero attached hydrogens (tertiary/aromatic N) is 2. The Morgan fingerprint density at radius 2 is 2.23 bits per heavy atom. The number of primary sulfonamides is 1. The zero-order valence-electron chi connectivity index (χ0n) is 6.58. The SMILES string of the molecule is NC=Nc1cc(S(N)(=O)=O)ccn1. The van der Waals surface area contributed by atoms with Gasteiger partial charge in [0.05, 0.1) is 11.2 Å². The molecule has 0 aromatic carbocycles. The summed E-state index contributed by atoms with van der Waals surface area (Å²) < 4.78 is 21.7. The van der Waals surface area contributed by atoms with Gasteiger partial charge in [-0.3, -0.25) is 0 Å². The summed E-state index contributed by atoms with van der Waals surface area (Å²) in [6, 6.07) is 2.52. The lowest BCUT2D eigenvalue weighted by Crippen LogP contribution is -2.11. The van der Waals surface area contributed by atoms with E-state index >= 15 is 0 Å². The summed E-state index contributed by atoms with van der Waals surface area (Å²) in [4.78, 5) is 7.31. The van der Waals surface area contributed by atoms with Gasteiger partial charge in [0.25, 0.3) is 0 Å². The van der Waals surface area contributed by atoms with Gasteiger partial charge in [-0.05, 0) is 6.07 Å². The van der Waals surface area contributed by atoms with Crippen LogP contribution in [0.25, 0.3) is 0 Å². The minimum atomic E-state index is -3.70. The fourth-order valence-corrected chi connectivity index (χ4v) is 1.24. The van der Waals surface area contributed by atoms with Crippen molar-refractivity contribution >= 4 is 22.2 Å². The Kier molecular flexibility index (Phi) is 2.59. The van der Waals surface area contributed by atoms with Crippen molar-refractivity contribution in [3.8, 4) is 0 Å². The molecule has 7 heteroatoms. The molecule has 0 saturated carbocycles. The lowest BCUT2D eigenvalue weighted by atomic mass is 10.5. The van der Waals surface area contributed by atoms with Crippen molar-refractivity contribution in [1.82, 2.24) is 4.98 Å². The van der Waals surface area contributed by atoms with Gasteiger partial charge in [0.15, 0.2) is 5.82 Å². The van der Waals surface area contributed by atoms with Crippen LogP contribution in [0, 0.1) is 0 Å². The molecule has 1 heterocycles. The van der Waals surface area contributed by atoms with Gasteiger partial charge < -0.3 is 5.73 Å². The number of sulfonamides is 1. The second-order valence-corrected chi connectivity index (χ2v) is 3.73. The third-order valence-electron chi connectivity index (χ3n) is 1.25. The summed E-state index contributed by atoms with van der Waals surface area (Å²) >= 11 is 0. The molecule has 13 heavy (non-hydrogen) atoms. The maximum atomic E-state index is 10.9. The molecule has 0 fully saturated rings. The van der Waals surface area contributed by atoms with Crippen molar-refractivity contribution in [2.75, 3.05) is 0 Å². The second-order valence-electron chi connectivity index (χ2n) is 2.17. The van der Waals surface area contributed by atoms with Crippen LogP contribution >= 0.6 is 0 Å². The van der Waals surface area contributed by atoms with E-state index in [2.05, 4.69) is 9.98 Å². The van der Waals surface area contributed by atoms with E-state index in [9.17, 15) is 8.42 Å². The van der Waals surface area contributed by atoms with Crippen molar-refractivity contribution in [2.45, 2.75) is 4.90 Å². The van der Waals surface area contributed by atoms with E-state index in [1.165, 1.54) is 18.3 Å². The maximum absolute atomic E-state index is 10.9. The van der Waals surface area contributed by atoms with E-state index in [0.717, 1.165) is 6.34 Å². The monoisotopic (exact) mass is 200 g/mol. The quantitative estimate of drug-likeness (QED) is 0.487. The van der Waals surface area contributed by atoms with Crippen LogP contribution in [-0.4, -0.2) is 19.7 Å². The summed E-state index contributed by atoms with van der Waals surface area (Å²) in [6.07, 6.45) is 2.32. The number of aliphatic imine (C=N–C) groups is 1. The van der Waals surface area contributed by atoms with Crippen molar-refractivity contribution < 1.29 is 8.42 Å². The molecule has 0 aliphatic rings. The van der Waals surface area contributed by atoms with E-state index in [0.29, 0.717) is 0 Å². The highest BCUT2D eigenvalue weighted by Gasteiger charge is 2.07. The first kappa shape index (κ1) is 9.62. The van der Waals surface area contributed by atoms with E-state index in [-0.39, 0.29) is 10.7 Å². The largest absolute Gasteiger partial charge is 0.390 e. The van der Waals surface area contributed by atoms with E-state index < -0.39 is 10.0 Å². The molecule has 0 atom stereocenters. The second kappa shape index (κ2) is 3.50. The molecule has 6 nitrogen and oxygen atoms in total. The molecule has 0 spiro atoms. The Morgan fingerprint density at radius 3 is 2.77 bits per heavy atom. The number of hydrogen-bond acceptors (Lipinski definition) is 4. The number of hydrogen-bond donors (Lipinski definition) is 2. The van der Waals surface area contributed by atoms with E-state index in [4.69, 9.17) is 10.9 Å². The van der Waals surface area contributed by atoms with Crippen LogP contribution in [0.2, 0.25) is 0 Å². The first-order chi connectivity index (χ1) is 6.04. The topological polar surface area (TPSA) is 111 Å². The lowest BCUT2D eigenvalue weighted by Gasteiger charge is -1.97. The summed E-state index contributed by atoms with van der Waals surface area (Å²) in [6.45, 7) is 0. The third kappa shape index (κ3) is 2.49. The predicted octanol–water partition coefficient (Wildman–Crippen LogP) is -0.653. The molecule has 0 saturated heterocycles. The average molecular weight is 200 g/mol. The molecule has 0 bridgehead atoms. The normalized spacial score (nSPS) is 12.1. The molecule has 1 rings (SSSR count). The maximum Gasteiger partial charge on any atom is 0.238 e.